The molecule has 0 fully saturated rings. The molecule has 122 valence electrons. The highest BCUT2D eigenvalue weighted by Crippen LogP contribution is 2.29. The van der Waals surface area contributed by atoms with Gasteiger partial charge in [-0.2, -0.15) is 0 Å². The van der Waals surface area contributed by atoms with Gasteiger partial charge in [0.15, 0.2) is 0 Å². The van der Waals surface area contributed by atoms with E-state index in [0.717, 1.165) is 16.8 Å². The van der Waals surface area contributed by atoms with Gasteiger partial charge in [-0.3, -0.25) is 14.8 Å². The van der Waals surface area contributed by atoms with Crippen LogP contribution in [-0.2, 0) is 10.0 Å². The van der Waals surface area contributed by atoms with E-state index in [-0.39, 0.29) is 21.3 Å². The van der Waals surface area contributed by atoms with Gasteiger partial charge < -0.3 is 0 Å². The normalized spacial score (nSPS) is 11.4. The molecule has 24 heavy (non-hydrogen) atoms. The predicted molar refractivity (Wildman–Crippen MR) is 92.9 cm³/mol. The molecule has 0 atom stereocenters. The second kappa shape index (κ2) is 6.10. The first-order valence-corrected chi connectivity index (χ1v) is 8.68. The molecule has 0 amide bonds. The molecule has 3 aromatic rings. The van der Waals surface area contributed by atoms with E-state index in [1.807, 2.05) is 24.3 Å². The molecule has 3 aromatic carbocycles. The summed E-state index contributed by atoms with van der Waals surface area (Å²) in [4.78, 5) is 10.3. The molecule has 0 unspecified atom stereocenters. The fraction of sp³-hybridized carbons (Fsp3) is 0. The molecule has 0 spiro atoms. The minimum absolute atomic E-state index is 0.0614. The number of halogens is 1. The Kier molecular flexibility index (Phi) is 4.13. The molecule has 8 heteroatoms. The number of nitro groups is 1. The fourth-order valence-corrected chi connectivity index (χ4v) is 3.54. The molecular weight excluding hydrogens is 352 g/mol. The van der Waals surface area contributed by atoms with E-state index < -0.39 is 14.9 Å². The van der Waals surface area contributed by atoms with E-state index in [4.69, 9.17) is 11.6 Å². The summed E-state index contributed by atoms with van der Waals surface area (Å²) >= 11 is 5.73. The number of nitrogens with zero attached hydrogens (tertiary/aromatic N) is 1. The molecule has 0 aliphatic carbocycles. The van der Waals surface area contributed by atoms with Crippen LogP contribution in [0.5, 0.6) is 0 Å². The van der Waals surface area contributed by atoms with Gasteiger partial charge in [0.25, 0.3) is 15.7 Å². The van der Waals surface area contributed by atoms with Gasteiger partial charge in [-0.1, -0.05) is 41.9 Å². The summed E-state index contributed by atoms with van der Waals surface area (Å²) < 4.78 is 27.3. The highest BCUT2D eigenvalue weighted by Gasteiger charge is 2.18. The Morgan fingerprint density at radius 3 is 2.38 bits per heavy atom. The van der Waals surface area contributed by atoms with E-state index in [2.05, 4.69) is 4.72 Å². The maximum absolute atomic E-state index is 12.5. The maximum Gasteiger partial charge on any atom is 0.289 e. The van der Waals surface area contributed by atoms with Gasteiger partial charge in [0.2, 0.25) is 0 Å². The zero-order valence-corrected chi connectivity index (χ0v) is 13.7. The summed E-state index contributed by atoms with van der Waals surface area (Å²) in [7, 11) is -3.88. The van der Waals surface area contributed by atoms with Crippen LogP contribution < -0.4 is 4.72 Å². The van der Waals surface area contributed by atoms with Crippen LogP contribution in [-0.4, -0.2) is 13.3 Å². The van der Waals surface area contributed by atoms with E-state index >= 15 is 0 Å². The number of hydrogen-bond donors (Lipinski definition) is 1. The van der Waals surface area contributed by atoms with Gasteiger partial charge in [0, 0.05) is 6.07 Å². The minimum Gasteiger partial charge on any atom is -0.279 e. The number of nitro benzene ring substituents is 1. The van der Waals surface area contributed by atoms with Crippen molar-refractivity contribution in [2.75, 3.05) is 4.72 Å². The fourth-order valence-electron chi connectivity index (χ4n) is 2.26. The van der Waals surface area contributed by atoms with Gasteiger partial charge in [0.05, 0.1) is 15.5 Å². The van der Waals surface area contributed by atoms with Crippen LogP contribution in [0.2, 0.25) is 5.02 Å². The molecule has 6 nitrogen and oxygen atoms in total. The summed E-state index contributed by atoms with van der Waals surface area (Å²) in [6.45, 7) is 0. The summed E-state index contributed by atoms with van der Waals surface area (Å²) in [5, 5.41) is 12.5. The molecule has 0 aliphatic heterocycles. The van der Waals surface area contributed by atoms with E-state index in [1.54, 1.807) is 12.1 Å². The van der Waals surface area contributed by atoms with E-state index in [0.29, 0.717) is 0 Å². The Balaban J connectivity index is 1.98. The van der Waals surface area contributed by atoms with Crippen molar-refractivity contribution in [2.24, 2.45) is 0 Å². The Morgan fingerprint density at radius 1 is 0.958 bits per heavy atom. The molecule has 3 rings (SSSR count). The lowest BCUT2D eigenvalue weighted by atomic mass is 10.1. The largest absolute Gasteiger partial charge is 0.289 e. The Hall–Kier alpha value is -2.64. The summed E-state index contributed by atoms with van der Waals surface area (Å²) in [5.74, 6) is 0. The number of sulfonamides is 1. The predicted octanol–water partition coefficient (Wildman–Crippen LogP) is 4.20. The van der Waals surface area contributed by atoms with Crippen LogP contribution in [0.1, 0.15) is 0 Å². The van der Waals surface area contributed by atoms with Crippen LogP contribution in [0.3, 0.4) is 0 Å². The lowest BCUT2D eigenvalue weighted by Gasteiger charge is -2.09. The van der Waals surface area contributed by atoms with Crippen molar-refractivity contribution in [1.82, 2.24) is 0 Å². The Morgan fingerprint density at radius 2 is 1.67 bits per heavy atom. The Labute approximate surface area is 142 Å². The van der Waals surface area contributed by atoms with E-state index in [1.165, 1.54) is 18.2 Å². The third kappa shape index (κ3) is 3.17. The highest BCUT2D eigenvalue weighted by atomic mass is 35.5. The third-order valence-electron chi connectivity index (χ3n) is 3.43. The van der Waals surface area contributed by atoms with Crippen molar-refractivity contribution < 1.29 is 13.3 Å². The van der Waals surface area contributed by atoms with E-state index in [9.17, 15) is 18.5 Å². The van der Waals surface area contributed by atoms with Crippen LogP contribution in [0.25, 0.3) is 10.8 Å². The van der Waals surface area contributed by atoms with Crippen LogP contribution in [0.15, 0.2) is 65.6 Å². The lowest BCUT2D eigenvalue weighted by molar-refractivity contribution is -0.384. The minimum atomic E-state index is -3.88. The van der Waals surface area contributed by atoms with Gasteiger partial charge in [0.1, 0.15) is 5.02 Å². The Bertz CT molecular complexity index is 1050. The molecule has 0 saturated heterocycles. The van der Waals surface area contributed by atoms with Crippen LogP contribution in [0, 0.1) is 10.1 Å². The number of nitrogens with one attached hydrogen (secondary N) is 1. The van der Waals surface area contributed by atoms with Crippen LogP contribution >= 0.6 is 11.6 Å². The average molecular weight is 363 g/mol. The number of rotatable bonds is 4. The molecule has 0 saturated carbocycles. The molecule has 0 heterocycles. The molecule has 0 bridgehead atoms. The van der Waals surface area contributed by atoms with Crippen molar-refractivity contribution in [3.63, 3.8) is 0 Å². The first kappa shape index (κ1) is 16.2. The summed E-state index contributed by atoms with van der Waals surface area (Å²) in [5.41, 5.74) is -0.297. The van der Waals surface area contributed by atoms with Gasteiger partial charge in [-0.25, -0.2) is 8.42 Å². The van der Waals surface area contributed by atoms with Crippen LogP contribution in [0.4, 0.5) is 11.4 Å². The third-order valence-corrected chi connectivity index (χ3v) is 5.12. The quantitative estimate of drug-likeness (QED) is 0.556. The zero-order valence-electron chi connectivity index (χ0n) is 12.1. The number of benzene rings is 3. The molecule has 0 aliphatic rings. The standard InChI is InChI=1S/C16H11ClN2O4S/c17-15-8-6-13(10-16(15)19(20)21)18-24(22,23)14-7-5-11-3-1-2-4-12(11)9-14/h1-10,18H. The molecular formula is C16H11ClN2O4S. The second-order valence-electron chi connectivity index (χ2n) is 5.04. The summed E-state index contributed by atoms with van der Waals surface area (Å²) in [6, 6.07) is 15.8. The van der Waals surface area contributed by atoms with Crippen molar-refractivity contribution in [2.45, 2.75) is 4.90 Å². The second-order valence-corrected chi connectivity index (χ2v) is 7.13. The zero-order chi connectivity index (χ0) is 17.3. The number of hydrogen-bond acceptors (Lipinski definition) is 4. The first-order valence-electron chi connectivity index (χ1n) is 6.82. The van der Waals surface area contributed by atoms with Gasteiger partial charge in [-0.15, -0.1) is 0 Å². The monoisotopic (exact) mass is 362 g/mol. The lowest BCUT2D eigenvalue weighted by Crippen LogP contribution is -2.13. The van der Waals surface area contributed by atoms with Gasteiger partial charge >= 0.3 is 0 Å². The molecule has 0 radical (unpaired) electrons. The molecule has 1 N–H and O–H groups in total. The number of fused-ring (bicyclic) bond motifs is 1. The van der Waals surface area contributed by atoms with Gasteiger partial charge in [-0.05, 0) is 35.0 Å². The van der Waals surface area contributed by atoms with Crippen molar-refractivity contribution in [3.05, 3.63) is 75.8 Å². The highest BCUT2D eigenvalue weighted by molar-refractivity contribution is 7.92. The topological polar surface area (TPSA) is 89.3 Å². The average Bonchev–Trinajstić information content (AvgIpc) is 2.55. The smallest absolute Gasteiger partial charge is 0.279 e. The first-order chi connectivity index (χ1) is 11.4. The summed E-state index contributed by atoms with van der Waals surface area (Å²) in [6.07, 6.45) is 0. The maximum atomic E-state index is 12.5. The SMILES string of the molecule is O=[N+]([O-])c1cc(NS(=O)(=O)c2ccc3ccccc3c2)ccc1Cl. The molecule has 0 aromatic heterocycles. The van der Waals surface area contributed by atoms with Crippen molar-refractivity contribution in [3.8, 4) is 0 Å². The van der Waals surface area contributed by atoms with Crippen molar-refractivity contribution in [1.29, 1.82) is 0 Å². The number of anilines is 1. The van der Waals surface area contributed by atoms with Crippen molar-refractivity contribution >= 4 is 43.8 Å².